The lowest BCUT2D eigenvalue weighted by atomic mass is 10.1. The van der Waals surface area contributed by atoms with Crippen molar-refractivity contribution in [2.24, 2.45) is 0 Å². The number of hydrogen-bond donors (Lipinski definition) is 1. The Kier molecular flexibility index (Phi) is 5.82. The highest BCUT2D eigenvalue weighted by Crippen LogP contribution is 2.30. The Morgan fingerprint density at radius 2 is 1.70 bits per heavy atom. The average molecular weight is 390 g/mol. The molecule has 0 aliphatic carbocycles. The van der Waals surface area contributed by atoms with Gasteiger partial charge in [-0.05, 0) is 21.9 Å². The summed E-state index contributed by atoms with van der Waals surface area (Å²) in [6.45, 7) is 0.734. The van der Waals surface area contributed by atoms with Crippen molar-refractivity contribution in [3.8, 4) is 0 Å². The number of aromatic nitrogens is 2. The Balaban J connectivity index is 1.32. The van der Waals surface area contributed by atoms with Crippen LogP contribution in [-0.4, -0.2) is 16.7 Å². The molecule has 0 bridgehead atoms. The van der Waals surface area contributed by atoms with Crippen molar-refractivity contribution in [2.45, 2.75) is 10.1 Å². The van der Waals surface area contributed by atoms with Crippen molar-refractivity contribution < 1.29 is 0 Å². The van der Waals surface area contributed by atoms with Crippen LogP contribution in [-0.2, 0) is 5.75 Å². The maximum Gasteiger partial charge on any atom is 0.206 e. The minimum atomic E-state index is 0.734. The molecule has 0 aliphatic heterocycles. The minimum absolute atomic E-state index is 0.734. The van der Waals surface area contributed by atoms with E-state index in [1.165, 1.54) is 21.9 Å². The van der Waals surface area contributed by atoms with Gasteiger partial charge in [0.15, 0.2) is 4.34 Å². The lowest BCUT2D eigenvalue weighted by molar-refractivity contribution is 1.01. The molecule has 0 atom stereocenters. The zero-order valence-corrected chi connectivity index (χ0v) is 16.3. The summed E-state index contributed by atoms with van der Waals surface area (Å²) in [6.07, 6.45) is 4.20. The lowest BCUT2D eigenvalue weighted by Crippen LogP contribution is -1.96. The van der Waals surface area contributed by atoms with Crippen molar-refractivity contribution in [2.75, 3.05) is 11.9 Å². The van der Waals surface area contributed by atoms with Gasteiger partial charge in [0.1, 0.15) is 0 Å². The van der Waals surface area contributed by atoms with Crippen LogP contribution in [0.2, 0.25) is 0 Å². The topological polar surface area (TPSA) is 37.8 Å². The summed E-state index contributed by atoms with van der Waals surface area (Å²) in [7, 11) is 0. The lowest BCUT2D eigenvalue weighted by Gasteiger charge is -2.04. The molecule has 0 radical (unpaired) electrons. The van der Waals surface area contributed by atoms with Crippen molar-refractivity contribution in [3.05, 3.63) is 90.0 Å². The van der Waals surface area contributed by atoms with Crippen molar-refractivity contribution >= 4 is 45.1 Å². The molecule has 4 rings (SSSR count). The molecule has 1 aromatic heterocycles. The molecule has 0 saturated heterocycles. The highest BCUT2D eigenvalue weighted by Gasteiger charge is 2.06. The third-order valence-electron chi connectivity index (χ3n) is 4.12. The van der Waals surface area contributed by atoms with Gasteiger partial charge in [0.2, 0.25) is 5.13 Å². The first-order valence-electron chi connectivity index (χ1n) is 8.77. The van der Waals surface area contributed by atoms with Crippen molar-refractivity contribution in [1.82, 2.24) is 10.2 Å². The molecule has 0 fully saturated rings. The second-order valence-corrected chi connectivity index (χ2v) is 8.19. The number of nitrogens with zero attached hydrogens (tertiary/aromatic N) is 2. The SMILES string of the molecule is C(=C\c1ccccc1)/CNc1nnc(SCc2cccc3ccccc23)s1. The minimum Gasteiger partial charge on any atom is -0.357 e. The number of thioether (sulfide) groups is 1. The number of anilines is 1. The maximum absolute atomic E-state index is 4.29. The molecular formula is C22H19N3S2. The van der Waals surface area contributed by atoms with E-state index in [9.17, 15) is 0 Å². The molecule has 1 heterocycles. The van der Waals surface area contributed by atoms with Gasteiger partial charge in [-0.2, -0.15) is 0 Å². The quantitative estimate of drug-likeness (QED) is 0.387. The second kappa shape index (κ2) is 8.84. The largest absolute Gasteiger partial charge is 0.357 e. The third kappa shape index (κ3) is 4.76. The van der Waals surface area contributed by atoms with Crippen LogP contribution in [0, 0.1) is 0 Å². The molecule has 27 heavy (non-hydrogen) atoms. The molecule has 0 aliphatic rings. The zero-order chi connectivity index (χ0) is 18.3. The van der Waals surface area contributed by atoms with E-state index in [2.05, 4.69) is 82.3 Å². The van der Waals surface area contributed by atoms with Crippen LogP contribution in [0.4, 0.5) is 5.13 Å². The summed E-state index contributed by atoms with van der Waals surface area (Å²) in [5, 5.41) is 15.3. The molecule has 4 aromatic rings. The second-order valence-electron chi connectivity index (χ2n) is 5.99. The van der Waals surface area contributed by atoms with E-state index >= 15 is 0 Å². The van der Waals surface area contributed by atoms with Gasteiger partial charge in [0, 0.05) is 12.3 Å². The molecule has 3 aromatic carbocycles. The highest BCUT2D eigenvalue weighted by molar-refractivity contribution is 8.00. The highest BCUT2D eigenvalue weighted by atomic mass is 32.2. The van der Waals surface area contributed by atoms with Crippen LogP contribution >= 0.6 is 23.1 Å². The van der Waals surface area contributed by atoms with Gasteiger partial charge in [-0.3, -0.25) is 0 Å². The van der Waals surface area contributed by atoms with E-state index < -0.39 is 0 Å². The molecule has 3 nitrogen and oxygen atoms in total. The Morgan fingerprint density at radius 3 is 2.63 bits per heavy atom. The molecule has 1 N–H and O–H groups in total. The number of rotatable bonds is 7. The van der Waals surface area contributed by atoms with Gasteiger partial charge in [0.05, 0.1) is 0 Å². The van der Waals surface area contributed by atoms with Crippen LogP contribution in [0.25, 0.3) is 16.8 Å². The van der Waals surface area contributed by atoms with Gasteiger partial charge < -0.3 is 5.32 Å². The monoisotopic (exact) mass is 389 g/mol. The van der Waals surface area contributed by atoms with Crippen molar-refractivity contribution in [1.29, 1.82) is 0 Å². The fourth-order valence-corrected chi connectivity index (χ4v) is 4.57. The first kappa shape index (κ1) is 17.8. The number of benzene rings is 3. The Morgan fingerprint density at radius 1 is 0.889 bits per heavy atom. The van der Waals surface area contributed by atoms with Crippen LogP contribution in [0.15, 0.2) is 83.2 Å². The van der Waals surface area contributed by atoms with E-state index in [1.807, 2.05) is 18.2 Å². The number of nitrogens with one attached hydrogen (secondary N) is 1. The van der Waals surface area contributed by atoms with E-state index in [-0.39, 0.29) is 0 Å². The Hall–Kier alpha value is -2.63. The van der Waals surface area contributed by atoms with E-state index in [0.29, 0.717) is 0 Å². The Labute approximate surface area is 167 Å². The molecule has 0 unspecified atom stereocenters. The van der Waals surface area contributed by atoms with E-state index in [0.717, 1.165) is 21.8 Å². The normalized spacial score (nSPS) is 11.3. The summed E-state index contributed by atoms with van der Waals surface area (Å²) in [5.74, 6) is 0.893. The van der Waals surface area contributed by atoms with Gasteiger partial charge in [0.25, 0.3) is 0 Å². The summed E-state index contributed by atoms with van der Waals surface area (Å²) in [6, 6.07) is 25.2. The molecule has 0 amide bonds. The third-order valence-corrected chi connectivity index (χ3v) is 6.18. The molecule has 134 valence electrons. The van der Waals surface area contributed by atoms with Crippen LogP contribution in [0.1, 0.15) is 11.1 Å². The smallest absolute Gasteiger partial charge is 0.206 e. The van der Waals surface area contributed by atoms with Gasteiger partial charge in [-0.1, -0.05) is 108 Å². The Bertz CT molecular complexity index is 1040. The fourth-order valence-electron chi connectivity index (χ4n) is 2.80. The summed E-state index contributed by atoms with van der Waals surface area (Å²) >= 11 is 3.33. The summed E-state index contributed by atoms with van der Waals surface area (Å²) in [5.41, 5.74) is 2.52. The van der Waals surface area contributed by atoms with Crippen LogP contribution < -0.4 is 5.32 Å². The predicted molar refractivity (Wildman–Crippen MR) is 117 cm³/mol. The number of hydrogen-bond acceptors (Lipinski definition) is 5. The van der Waals surface area contributed by atoms with Crippen LogP contribution in [0.5, 0.6) is 0 Å². The van der Waals surface area contributed by atoms with Gasteiger partial charge >= 0.3 is 0 Å². The van der Waals surface area contributed by atoms with E-state index in [1.54, 1.807) is 23.1 Å². The first-order valence-corrected chi connectivity index (χ1v) is 10.6. The summed E-state index contributed by atoms with van der Waals surface area (Å²) in [4.78, 5) is 0. The molecule has 5 heteroatoms. The maximum atomic E-state index is 4.29. The standard InChI is InChI=1S/C22H19N3S2/c1-2-8-17(9-3-1)10-7-15-23-21-24-25-22(27-21)26-16-19-13-6-12-18-11-4-5-14-20(18)19/h1-14H,15-16H2,(H,23,24)/b10-7+. The van der Waals surface area contributed by atoms with Gasteiger partial charge in [-0.15, -0.1) is 10.2 Å². The predicted octanol–water partition coefficient (Wildman–Crippen LogP) is 6.11. The average Bonchev–Trinajstić information content (AvgIpc) is 3.18. The van der Waals surface area contributed by atoms with E-state index in [4.69, 9.17) is 0 Å². The zero-order valence-electron chi connectivity index (χ0n) is 14.7. The van der Waals surface area contributed by atoms with Crippen LogP contribution in [0.3, 0.4) is 0 Å². The molecule has 0 spiro atoms. The van der Waals surface area contributed by atoms with Crippen molar-refractivity contribution in [3.63, 3.8) is 0 Å². The first-order chi connectivity index (χ1) is 13.4. The summed E-state index contributed by atoms with van der Waals surface area (Å²) < 4.78 is 0.984. The number of fused-ring (bicyclic) bond motifs is 1. The molecular weight excluding hydrogens is 370 g/mol. The fraction of sp³-hybridized carbons (Fsp3) is 0.0909. The van der Waals surface area contributed by atoms with Gasteiger partial charge in [-0.25, -0.2) is 0 Å². The molecule has 0 saturated carbocycles.